The maximum atomic E-state index is 12.1. The number of esters is 1. The van der Waals surface area contributed by atoms with Crippen LogP contribution in [0.15, 0.2) is 36.4 Å². The Hall–Kier alpha value is -2.04. The van der Waals surface area contributed by atoms with Gasteiger partial charge in [0.1, 0.15) is 0 Å². The number of carbonyl (C=O) groups is 2. The highest BCUT2D eigenvalue weighted by Crippen LogP contribution is 2.25. The van der Waals surface area contributed by atoms with Crippen LogP contribution in [0.4, 0.5) is 0 Å². The van der Waals surface area contributed by atoms with E-state index < -0.39 is 18.5 Å². The lowest BCUT2D eigenvalue weighted by molar-refractivity contribution is -0.124. The van der Waals surface area contributed by atoms with Gasteiger partial charge in [0, 0.05) is 0 Å². The molecule has 2 aromatic carbocycles. The van der Waals surface area contributed by atoms with Crippen LogP contribution in [-0.4, -0.2) is 18.5 Å². The van der Waals surface area contributed by atoms with Crippen molar-refractivity contribution in [3.05, 3.63) is 68.7 Å². The SMILES string of the molecule is Cc1ccc([C@H](C)NC(=O)COC(=O)c2c(Cl)cccc2Cl)cc1C. The van der Waals surface area contributed by atoms with E-state index in [0.29, 0.717) is 0 Å². The highest BCUT2D eigenvalue weighted by atomic mass is 35.5. The molecule has 0 radical (unpaired) electrons. The number of aryl methyl sites for hydroxylation is 2. The van der Waals surface area contributed by atoms with Crippen LogP contribution in [0.25, 0.3) is 0 Å². The lowest BCUT2D eigenvalue weighted by atomic mass is 10.0. The van der Waals surface area contributed by atoms with E-state index in [0.717, 1.165) is 11.1 Å². The van der Waals surface area contributed by atoms with Crippen molar-refractivity contribution in [3.8, 4) is 0 Å². The van der Waals surface area contributed by atoms with Crippen molar-refractivity contribution in [2.75, 3.05) is 6.61 Å². The summed E-state index contributed by atoms with van der Waals surface area (Å²) in [6.45, 7) is 5.51. The van der Waals surface area contributed by atoms with Crippen molar-refractivity contribution in [1.82, 2.24) is 5.32 Å². The molecule has 25 heavy (non-hydrogen) atoms. The molecule has 132 valence electrons. The average Bonchev–Trinajstić information content (AvgIpc) is 2.55. The minimum atomic E-state index is -0.732. The lowest BCUT2D eigenvalue weighted by Crippen LogP contribution is -2.31. The molecule has 1 atom stereocenters. The zero-order valence-electron chi connectivity index (χ0n) is 14.2. The molecule has 1 amide bonds. The number of ether oxygens (including phenoxy) is 1. The summed E-state index contributed by atoms with van der Waals surface area (Å²) >= 11 is 11.9. The minimum Gasteiger partial charge on any atom is -0.452 e. The summed E-state index contributed by atoms with van der Waals surface area (Å²) in [6, 6.07) is 10.5. The van der Waals surface area contributed by atoms with Crippen molar-refractivity contribution < 1.29 is 14.3 Å². The van der Waals surface area contributed by atoms with Gasteiger partial charge in [0.15, 0.2) is 6.61 Å². The highest BCUT2D eigenvalue weighted by molar-refractivity contribution is 6.39. The summed E-state index contributed by atoms with van der Waals surface area (Å²) < 4.78 is 5.01. The molecule has 0 aliphatic carbocycles. The van der Waals surface area contributed by atoms with Crippen LogP contribution in [0, 0.1) is 13.8 Å². The third kappa shape index (κ3) is 4.97. The van der Waals surface area contributed by atoms with E-state index in [4.69, 9.17) is 27.9 Å². The summed E-state index contributed by atoms with van der Waals surface area (Å²) in [5, 5.41) is 3.16. The van der Waals surface area contributed by atoms with Crippen LogP contribution < -0.4 is 5.32 Å². The minimum absolute atomic E-state index is 0.0563. The Morgan fingerprint density at radius 2 is 1.72 bits per heavy atom. The van der Waals surface area contributed by atoms with Crippen molar-refractivity contribution in [2.45, 2.75) is 26.8 Å². The van der Waals surface area contributed by atoms with E-state index in [1.54, 1.807) is 6.07 Å². The molecule has 0 fully saturated rings. The standard InChI is InChI=1S/C19H19Cl2NO3/c1-11-7-8-14(9-12(11)2)13(3)22-17(23)10-25-19(24)18-15(20)5-4-6-16(18)21/h4-9,13H,10H2,1-3H3,(H,22,23)/t13-/m0/s1. The second-order valence-electron chi connectivity index (χ2n) is 5.81. The van der Waals surface area contributed by atoms with Crippen LogP contribution in [0.3, 0.4) is 0 Å². The van der Waals surface area contributed by atoms with Gasteiger partial charge >= 0.3 is 5.97 Å². The molecule has 0 unspecified atom stereocenters. The molecule has 6 heteroatoms. The predicted octanol–water partition coefficient (Wildman–Crippen LogP) is 4.64. The Labute approximate surface area is 157 Å². The first-order valence-electron chi connectivity index (χ1n) is 7.77. The number of hydrogen-bond donors (Lipinski definition) is 1. The molecule has 0 saturated heterocycles. The van der Waals surface area contributed by atoms with Crippen LogP contribution in [0.2, 0.25) is 10.0 Å². The van der Waals surface area contributed by atoms with Crippen LogP contribution in [0.1, 0.15) is 40.0 Å². The fraction of sp³-hybridized carbons (Fsp3) is 0.263. The topological polar surface area (TPSA) is 55.4 Å². The van der Waals surface area contributed by atoms with E-state index in [1.807, 2.05) is 39.0 Å². The van der Waals surface area contributed by atoms with Crippen LogP contribution in [-0.2, 0) is 9.53 Å². The molecule has 1 N–H and O–H groups in total. The number of nitrogens with one attached hydrogen (secondary N) is 1. The van der Waals surface area contributed by atoms with Crippen molar-refractivity contribution >= 4 is 35.1 Å². The maximum absolute atomic E-state index is 12.1. The molecule has 0 saturated carbocycles. The Balaban J connectivity index is 1.94. The Kier molecular flexibility index (Phi) is 6.45. The Morgan fingerprint density at radius 1 is 1.08 bits per heavy atom. The predicted molar refractivity (Wildman–Crippen MR) is 99.2 cm³/mol. The fourth-order valence-corrected chi connectivity index (χ4v) is 2.85. The summed E-state index contributed by atoms with van der Waals surface area (Å²) in [7, 11) is 0. The van der Waals surface area contributed by atoms with Crippen LogP contribution >= 0.6 is 23.2 Å². The van der Waals surface area contributed by atoms with E-state index in [9.17, 15) is 9.59 Å². The molecule has 0 bridgehead atoms. The summed E-state index contributed by atoms with van der Waals surface area (Å²) in [6.07, 6.45) is 0. The van der Waals surface area contributed by atoms with Crippen molar-refractivity contribution in [2.24, 2.45) is 0 Å². The number of benzene rings is 2. The van der Waals surface area contributed by atoms with E-state index in [-0.39, 0.29) is 21.7 Å². The van der Waals surface area contributed by atoms with Gasteiger partial charge in [-0.3, -0.25) is 4.79 Å². The molecular weight excluding hydrogens is 361 g/mol. The monoisotopic (exact) mass is 379 g/mol. The number of halogens is 2. The highest BCUT2D eigenvalue weighted by Gasteiger charge is 2.18. The molecule has 2 rings (SSSR count). The second kappa shape index (κ2) is 8.37. The smallest absolute Gasteiger partial charge is 0.341 e. The molecule has 0 aliphatic heterocycles. The third-order valence-electron chi connectivity index (χ3n) is 3.91. The zero-order chi connectivity index (χ0) is 18.6. The van der Waals surface area contributed by atoms with Gasteiger partial charge in [0.2, 0.25) is 0 Å². The van der Waals surface area contributed by atoms with Crippen molar-refractivity contribution in [1.29, 1.82) is 0 Å². The van der Waals surface area contributed by atoms with Gasteiger partial charge in [0.25, 0.3) is 5.91 Å². The summed E-state index contributed by atoms with van der Waals surface area (Å²) in [4.78, 5) is 24.1. The van der Waals surface area contributed by atoms with Gasteiger partial charge in [-0.05, 0) is 49.6 Å². The Bertz CT molecular complexity index is 785. The van der Waals surface area contributed by atoms with Gasteiger partial charge in [-0.15, -0.1) is 0 Å². The maximum Gasteiger partial charge on any atom is 0.341 e. The third-order valence-corrected chi connectivity index (χ3v) is 4.54. The summed E-state index contributed by atoms with van der Waals surface area (Å²) in [5.74, 6) is -1.13. The largest absolute Gasteiger partial charge is 0.452 e. The van der Waals surface area contributed by atoms with E-state index in [2.05, 4.69) is 5.32 Å². The van der Waals surface area contributed by atoms with Gasteiger partial charge in [-0.2, -0.15) is 0 Å². The second-order valence-corrected chi connectivity index (χ2v) is 6.62. The number of carbonyl (C=O) groups excluding carboxylic acids is 2. The Morgan fingerprint density at radius 3 is 2.32 bits per heavy atom. The van der Waals surface area contributed by atoms with Gasteiger partial charge in [-0.1, -0.05) is 47.5 Å². The normalized spacial score (nSPS) is 11.7. The fourth-order valence-electron chi connectivity index (χ4n) is 2.30. The molecular formula is C19H19Cl2NO3. The quantitative estimate of drug-likeness (QED) is 0.769. The zero-order valence-corrected chi connectivity index (χ0v) is 15.7. The first-order chi connectivity index (χ1) is 11.8. The van der Waals surface area contributed by atoms with Crippen LogP contribution in [0.5, 0.6) is 0 Å². The van der Waals surface area contributed by atoms with E-state index >= 15 is 0 Å². The number of rotatable bonds is 5. The van der Waals surface area contributed by atoms with Gasteiger partial charge in [0.05, 0.1) is 21.7 Å². The van der Waals surface area contributed by atoms with Gasteiger partial charge in [-0.25, -0.2) is 4.79 Å². The number of amides is 1. The molecule has 0 aliphatic rings. The van der Waals surface area contributed by atoms with E-state index in [1.165, 1.54) is 17.7 Å². The van der Waals surface area contributed by atoms with Crippen molar-refractivity contribution in [3.63, 3.8) is 0 Å². The first kappa shape index (κ1) is 19.3. The molecule has 0 spiro atoms. The summed E-state index contributed by atoms with van der Waals surface area (Å²) in [5.41, 5.74) is 3.38. The number of hydrogen-bond acceptors (Lipinski definition) is 3. The first-order valence-corrected chi connectivity index (χ1v) is 8.53. The van der Waals surface area contributed by atoms with Gasteiger partial charge < -0.3 is 10.1 Å². The molecule has 0 heterocycles. The lowest BCUT2D eigenvalue weighted by Gasteiger charge is -2.16. The molecule has 0 aromatic heterocycles. The molecule has 2 aromatic rings. The molecule has 4 nitrogen and oxygen atoms in total. The average molecular weight is 380 g/mol.